The van der Waals surface area contributed by atoms with Crippen LogP contribution in [0.25, 0.3) is 0 Å². The first-order valence-corrected chi connectivity index (χ1v) is 21.8. The minimum atomic E-state index is -0.921. The molecule has 0 saturated heterocycles. The van der Waals surface area contributed by atoms with Gasteiger partial charge in [-0.15, -0.1) is 0 Å². The molecule has 0 bridgehead atoms. The summed E-state index contributed by atoms with van der Waals surface area (Å²) >= 11 is 3.13. The van der Waals surface area contributed by atoms with Crippen molar-refractivity contribution in [1.29, 1.82) is 0 Å². The maximum absolute atomic E-state index is 12.4. The lowest BCUT2D eigenvalue weighted by atomic mass is 9.94. The molecule has 0 aromatic carbocycles. The number of rotatable bonds is 43. The molecular weight excluding hydrogens is 746 g/mol. The Morgan fingerprint density at radius 3 is 1.51 bits per heavy atom. The standard InChI is InChI=1S/C41H74BrNO10/c1-2-3-4-5-6-7-8-9-10-11-12-13-14-20-38(45)34-36(41(48)49)19-15-16-25-43-40(47)24-29-53-33-31-50-26-17-21-37(44)23-28-52-32-30-51-27-18-22-39(46)35-42/h36H,2-35H2,1H3,(H,43,47)(H,48,49). The lowest BCUT2D eigenvalue weighted by Crippen LogP contribution is -2.26. The average Bonchev–Trinajstić information content (AvgIpc) is 3.14. The summed E-state index contributed by atoms with van der Waals surface area (Å²) in [6.07, 6.45) is 21.4. The van der Waals surface area contributed by atoms with Crippen molar-refractivity contribution in [3.05, 3.63) is 0 Å². The normalized spacial score (nSPS) is 11.8. The van der Waals surface area contributed by atoms with Crippen molar-refractivity contribution in [1.82, 2.24) is 5.32 Å². The number of carbonyl (C=O) groups excluding carboxylic acids is 4. The van der Waals surface area contributed by atoms with Gasteiger partial charge < -0.3 is 29.4 Å². The van der Waals surface area contributed by atoms with Gasteiger partial charge in [0.25, 0.3) is 0 Å². The zero-order valence-corrected chi connectivity index (χ0v) is 34.7. The van der Waals surface area contributed by atoms with Crippen molar-refractivity contribution in [2.45, 2.75) is 161 Å². The number of hydrogen-bond donors (Lipinski definition) is 2. The van der Waals surface area contributed by atoms with Crippen LogP contribution in [0.15, 0.2) is 0 Å². The van der Waals surface area contributed by atoms with Crippen molar-refractivity contribution in [2.75, 3.05) is 64.7 Å². The fourth-order valence-corrected chi connectivity index (χ4v) is 6.07. The van der Waals surface area contributed by atoms with Gasteiger partial charge in [0.05, 0.1) is 50.9 Å². The summed E-state index contributed by atoms with van der Waals surface area (Å²) in [7, 11) is 0. The lowest BCUT2D eigenvalue weighted by molar-refractivity contribution is -0.144. The third kappa shape index (κ3) is 38.3. The predicted molar refractivity (Wildman–Crippen MR) is 213 cm³/mol. The van der Waals surface area contributed by atoms with Crippen molar-refractivity contribution in [3.63, 3.8) is 0 Å². The van der Waals surface area contributed by atoms with Crippen LogP contribution in [0.5, 0.6) is 0 Å². The molecule has 0 aromatic heterocycles. The second kappa shape index (κ2) is 39.9. The molecule has 2 N–H and O–H groups in total. The number of unbranched alkanes of at least 4 members (excludes halogenated alkanes) is 13. The monoisotopic (exact) mass is 819 g/mol. The highest BCUT2D eigenvalue weighted by molar-refractivity contribution is 9.09. The molecule has 11 nitrogen and oxygen atoms in total. The molecule has 0 radical (unpaired) electrons. The first-order chi connectivity index (χ1) is 25.8. The van der Waals surface area contributed by atoms with Gasteiger partial charge in [-0.3, -0.25) is 24.0 Å². The smallest absolute Gasteiger partial charge is 0.306 e. The molecule has 310 valence electrons. The number of alkyl halides is 1. The van der Waals surface area contributed by atoms with Crippen LogP contribution in [0.1, 0.15) is 161 Å². The van der Waals surface area contributed by atoms with Crippen LogP contribution in [-0.4, -0.2) is 99.1 Å². The minimum Gasteiger partial charge on any atom is -0.481 e. The number of Topliss-reactive ketones (excluding diaryl/α,β-unsaturated/α-hetero) is 3. The van der Waals surface area contributed by atoms with Crippen LogP contribution in [0.2, 0.25) is 0 Å². The number of amides is 1. The summed E-state index contributed by atoms with van der Waals surface area (Å²) in [6, 6.07) is 0. The quantitative estimate of drug-likeness (QED) is 0.0453. The highest BCUT2D eigenvalue weighted by atomic mass is 79.9. The van der Waals surface area contributed by atoms with Gasteiger partial charge in [-0.1, -0.05) is 106 Å². The van der Waals surface area contributed by atoms with Crippen LogP contribution < -0.4 is 5.32 Å². The molecule has 0 aliphatic heterocycles. The van der Waals surface area contributed by atoms with E-state index in [1.165, 1.54) is 64.2 Å². The van der Waals surface area contributed by atoms with Crippen molar-refractivity contribution in [2.24, 2.45) is 5.92 Å². The largest absolute Gasteiger partial charge is 0.481 e. The number of nitrogens with one attached hydrogen (secondary N) is 1. The molecule has 0 aliphatic rings. The Morgan fingerprint density at radius 2 is 0.981 bits per heavy atom. The molecule has 0 rings (SSSR count). The topological polar surface area (TPSA) is 155 Å². The molecule has 0 saturated carbocycles. The number of halogens is 1. The number of carboxylic acid groups (broad SMARTS) is 1. The zero-order valence-electron chi connectivity index (χ0n) is 33.1. The third-order valence-electron chi connectivity index (χ3n) is 9.06. The Bertz CT molecular complexity index is 919. The summed E-state index contributed by atoms with van der Waals surface area (Å²) in [5, 5.41) is 12.8. The highest BCUT2D eigenvalue weighted by Crippen LogP contribution is 2.17. The molecule has 1 atom stereocenters. The van der Waals surface area contributed by atoms with E-state index in [9.17, 15) is 29.1 Å². The van der Waals surface area contributed by atoms with Crippen LogP contribution >= 0.6 is 15.9 Å². The van der Waals surface area contributed by atoms with Crippen LogP contribution in [0.4, 0.5) is 0 Å². The molecule has 0 heterocycles. The zero-order chi connectivity index (χ0) is 39.0. The molecule has 0 aliphatic carbocycles. The SMILES string of the molecule is CCCCCCCCCCCCCCCC(=O)CC(CCCCNC(=O)CCOCCOCCCC(=O)CCOCCOCCCC(=O)CBr)C(=O)O. The van der Waals surface area contributed by atoms with Crippen molar-refractivity contribution < 1.29 is 48.0 Å². The Balaban J connectivity index is 3.60. The van der Waals surface area contributed by atoms with E-state index >= 15 is 0 Å². The van der Waals surface area contributed by atoms with Crippen LogP contribution in [0.3, 0.4) is 0 Å². The van der Waals surface area contributed by atoms with Gasteiger partial charge in [-0.05, 0) is 32.1 Å². The first-order valence-electron chi connectivity index (χ1n) is 20.7. The van der Waals surface area contributed by atoms with Crippen LogP contribution in [0, 0.1) is 5.92 Å². The predicted octanol–water partition coefficient (Wildman–Crippen LogP) is 8.35. The number of carbonyl (C=O) groups is 5. The lowest BCUT2D eigenvalue weighted by Gasteiger charge is -2.12. The van der Waals surface area contributed by atoms with E-state index in [1.54, 1.807) is 0 Å². The Hall–Kier alpha value is -1.73. The molecule has 12 heteroatoms. The second-order valence-electron chi connectivity index (χ2n) is 14.0. The van der Waals surface area contributed by atoms with E-state index in [0.717, 1.165) is 19.3 Å². The van der Waals surface area contributed by atoms with E-state index in [-0.39, 0.29) is 42.7 Å². The maximum atomic E-state index is 12.4. The number of ketones is 3. The minimum absolute atomic E-state index is 0.0405. The van der Waals surface area contributed by atoms with Crippen molar-refractivity contribution in [3.8, 4) is 0 Å². The molecule has 0 spiro atoms. The van der Waals surface area contributed by atoms with Gasteiger partial charge in [-0.25, -0.2) is 0 Å². The summed E-state index contributed by atoms with van der Waals surface area (Å²) in [4.78, 5) is 59.3. The molecule has 0 aromatic rings. The Kier molecular flexibility index (Phi) is 38.6. The fourth-order valence-electron chi connectivity index (χ4n) is 5.79. The van der Waals surface area contributed by atoms with Gasteiger partial charge in [-0.2, -0.15) is 0 Å². The average molecular weight is 821 g/mol. The molecule has 1 amide bonds. The highest BCUT2D eigenvalue weighted by Gasteiger charge is 2.20. The van der Waals surface area contributed by atoms with Gasteiger partial charge in [0.15, 0.2) is 0 Å². The Morgan fingerprint density at radius 1 is 0.509 bits per heavy atom. The first kappa shape index (κ1) is 51.3. The summed E-state index contributed by atoms with van der Waals surface area (Å²) in [6.45, 7) is 5.93. The third-order valence-corrected chi connectivity index (χ3v) is 9.69. The van der Waals surface area contributed by atoms with Gasteiger partial charge in [0.2, 0.25) is 5.91 Å². The summed E-state index contributed by atoms with van der Waals surface area (Å²) < 4.78 is 21.8. The number of aliphatic carboxylic acids is 1. The Labute approximate surface area is 329 Å². The fraction of sp³-hybridized carbons (Fsp3) is 0.878. The van der Waals surface area contributed by atoms with E-state index in [4.69, 9.17) is 18.9 Å². The van der Waals surface area contributed by atoms with Gasteiger partial charge in [0, 0.05) is 58.3 Å². The van der Waals surface area contributed by atoms with E-state index < -0.39 is 11.9 Å². The summed E-state index contributed by atoms with van der Waals surface area (Å²) in [5.41, 5.74) is 0. The molecular formula is C41H74BrNO10. The molecule has 0 fully saturated rings. The second-order valence-corrected chi connectivity index (χ2v) is 14.5. The van der Waals surface area contributed by atoms with E-state index in [1.807, 2.05) is 0 Å². The van der Waals surface area contributed by atoms with Gasteiger partial charge in [0.1, 0.15) is 17.3 Å². The van der Waals surface area contributed by atoms with E-state index in [0.29, 0.717) is 116 Å². The number of carboxylic acids is 1. The molecule has 53 heavy (non-hydrogen) atoms. The van der Waals surface area contributed by atoms with Crippen molar-refractivity contribution >= 4 is 45.2 Å². The molecule has 1 unspecified atom stereocenters. The number of hydrogen-bond acceptors (Lipinski definition) is 9. The summed E-state index contributed by atoms with van der Waals surface area (Å²) in [5.74, 6) is -1.38. The number of ether oxygens (including phenoxy) is 4. The van der Waals surface area contributed by atoms with E-state index in [2.05, 4.69) is 28.2 Å². The van der Waals surface area contributed by atoms with Crippen LogP contribution in [-0.2, 0) is 42.9 Å². The maximum Gasteiger partial charge on any atom is 0.306 e. The van der Waals surface area contributed by atoms with Gasteiger partial charge >= 0.3 is 5.97 Å².